The van der Waals surface area contributed by atoms with E-state index in [1.807, 2.05) is 76.2 Å². The lowest BCUT2D eigenvalue weighted by atomic mass is 10.2. The number of methoxy groups -OCH3 is 3. The van der Waals surface area contributed by atoms with Gasteiger partial charge in [-0.25, -0.2) is 4.79 Å². The molecular formula is C52H96O10. The Morgan fingerprint density at radius 2 is 0.581 bits per heavy atom. The van der Waals surface area contributed by atoms with Gasteiger partial charge in [0, 0.05) is 6.92 Å². The Balaban J connectivity index is -0.0000000669. The molecule has 0 aliphatic carbocycles. The number of hydrogen-bond acceptors (Lipinski definition) is 10. The molecule has 62 heavy (non-hydrogen) atoms. The molecule has 0 atom stereocenters. The fourth-order valence-corrected chi connectivity index (χ4v) is 3.59. The molecule has 0 spiro atoms. The van der Waals surface area contributed by atoms with Crippen LogP contribution in [0.4, 0.5) is 0 Å². The third kappa shape index (κ3) is 42.7. The third-order valence-corrected chi connectivity index (χ3v) is 5.72. The third-order valence-electron chi connectivity index (χ3n) is 5.72. The monoisotopic (exact) mass is 881 g/mol. The van der Waals surface area contributed by atoms with Crippen molar-refractivity contribution in [1.29, 1.82) is 0 Å². The molecule has 10 nitrogen and oxygen atoms in total. The maximum absolute atomic E-state index is 11.0. The summed E-state index contributed by atoms with van der Waals surface area (Å²) in [7, 11) is 4.66. The van der Waals surface area contributed by atoms with E-state index in [0.29, 0.717) is 37.7 Å². The minimum atomic E-state index is -0.331. The summed E-state index contributed by atoms with van der Waals surface area (Å²) in [6.45, 7) is 20.3. The second-order valence-corrected chi connectivity index (χ2v) is 10.6. The Labute approximate surface area is 383 Å². The molecule has 4 rings (SSSR count). The lowest BCUT2D eigenvalue weighted by Gasteiger charge is -2.04. The van der Waals surface area contributed by atoms with Gasteiger partial charge in [0.25, 0.3) is 0 Å². The van der Waals surface area contributed by atoms with Crippen molar-refractivity contribution in [3.05, 3.63) is 103 Å². The lowest BCUT2D eigenvalue weighted by molar-refractivity contribution is -0.131. The van der Waals surface area contributed by atoms with Gasteiger partial charge >= 0.3 is 11.9 Å². The Kier molecular flexibility index (Phi) is 72.3. The number of ether oxygens (including phenoxy) is 8. The molecule has 0 aromatic heterocycles. The van der Waals surface area contributed by atoms with Gasteiger partial charge in [-0.05, 0) is 125 Å². The van der Waals surface area contributed by atoms with Crippen molar-refractivity contribution < 1.29 is 47.5 Å². The molecule has 0 bridgehead atoms. The van der Waals surface area contributed by atoms with Crippen LogP contribution in [-0.4, -0.2) is 59.7 Å². The molecular weight excluding hydrogens is 785 g/mol. The van der Waals surface area contributed by atoms with Crippen LogP contribution in [0, 0.1) is 0 Å². The van der Waals surface area contributed by atoms with E-state index in [1.165, 1.54) is 26.9 Å². The summed E-state index contributed by atoms with van der Waals surface area (Å²) >= 11 is 0. The highest BCUT2D eigenvalue weighted by Gasteiger charge is 2.04. The van der Waals surface area contributed by atoms with Crippen molar-refractivity contribution in [1.82, 2.24) is 0 Å². The molecule has 0 aliphatic rings. The summed E-state index contributed by atoms with van der Waals surface area (Å²) in [5, 5.41) is 0. The Hall–Kier alpha value is -5.38. The predicted molar refractivity (Wildman–Crippen MR) is 272 cm³/mol. The van der Waals surface area contributed by atoms with E-state index in [9.17, 15) is 9.59 Å². The molecule has 0 radical (unpaired) electrons. The summed E-state index contributed by atoms with van der Waals surface area (Å²) in [5.74, 6) is 4.90. The first-order valence-electron chi connectivity index (χ1n) is 18.3. The largest absolute Gasteiger partial charge is 0.497 e. The zero-order valence-corrected chi connectivity index (χ0v) is 34.6. The van der Waals surface area contributed by atoms with E-state index in [0.717, 1.165) is 34.5 Å². The van der Waals surface area contributed by atoms with Crippen molar-refractivity contribution in [2.75, 3.05) is 47.8 Å². The van der Waals surface area contributed by atoms with Crippen molar-refractivity contribution in [3.8, 4) is 40.2 Å². The zero-order chi connectivity index (χ0) is 41.0. The molecule has 0 saturated carbocycles. The minimum absolute atomic E-state index is 0. The highest BCUT2D eigenvalue weighted by atomic mass is 16.5. The number of benzene rings is 4. The predicted octanol–water partition coefficient (Wildman–Crippen LogP) is 16.0. The van der Waals surface area contributed by atoms with Crippen LogP contribution in [0.1, 0.15) is 145 Å². The topological polar surface area (TPSA) is 108 Å². The van der Waals surface area contributed by atoms with Crippen molar-refractivity contribution in [2.45, 2.75) is 135 Å². The molecule has 0 saturated heterocycles. The lowest BCUT2D eigenvalue weighted by Crippen LogP contribution is -2.01. The van der Waals surface area contributed by atoms with Crippen LogP contribution in [0.25, 0.3) is 0 Å². The molecule has 0 N–H and O–H groups in total. The average molecular weight is 881 g/mol. The fraction of sp³-hybridized carbons (Fsp3) is 0.500. The van der Waals surface area contributed by atoms with Crippen LogP contribution in [0.2, 0.25) is 0 Å². The first-order chi connectivity index (χ1) is 26.0. The Morgan fingerprint density at radius 3 is 0.774 bits per heavy atom. The maximum Gasteiger partial charge on any atom is 0.337 e. The summed E-state index contributed by atoms with van der Waals surface area (Å²) in [5.41, 5.74) is 0.533. The van der Waals surface area contributed by atoms with Gasteiger partial charge in [-0.3, -0.25) is 4.79 Å². The van der Waals surface area contributed by atoms with Gasteiger partial charge in [-0.15, -0.1) is 0 Å². The summed E-state index contributed by atoms with van der Waals surface area (Å²) in [4.78, 5) is 21.6. The Bertz CT molecular complexity index is 1390. The highest BCUT2D eigenvalue weighted by Crippen LogP contribution is 2.19. The molecule has 4 aromatic carbocycles. The molecule has 0 amide bonds. The van der Waals surface area contributed by atoms with E-state index in [4.69, 9.17) is 33.2 Å². The van der Waals surface area contributed by atoms with E-state index < -0.39 is 0 Å². The quantitative estimate of drug-likeness (QED) is 0.101. The number of carbonyl (C=O) groups excluding carboxylic acids is 2. The zero-order valence-electron chi connectivity index (χ0n) is 34.6. The van der Waals surface area contributed by atoms with Crippen LogP contribution >= 0.6 is 0 Å². The normalized spacial score (nSPS) is 7.81. The fourth-order valence-electron chi connectivity index (χ4n) is 3.59. The van der Waals surface area contributed by atoms with Crippen LogP contribution in [0.15, 0.2) is 97.1 Å². The summed E-state index contributed by atoms with van der Waals surface area (Å²) in [6.07, 6.45) is 2.50. The van der Waals surface area contributed by atoms with Crippen LogP contribution in [-0.2, 0) is 9.53 Å². The molecule has 10 heteroatoms. The van der Waals surface area contributed by atoms with Gasteiger partial charge in [-0.1, -0.05) is 99.9 Å². The van der Waals surface area contributed by atoms with Crippen LogP contribution in [0.3, 0.4) is 0 Å². The number of esters is 2. The summed E-state index contributed by atoms with van der Waals surface area (Å²) < 4.78 is 40.3. The first-order valence-corrected chi connectivity index (χ1v) is 18.3. The molecule has 0 aliphatic heterocycles. The standard InChI is InChI=1S/2C10H12O3.2C9H12O2.2C3H8.8CH4/c1-3-13-9-6-4-8(5-7-9)10(11)12-2;1-3-12-9-4-6-10(7-5-9)13-8(2)11;2*1-3-11-9-6-4-8(10-2)5-7-9;2*1-3-2;;;;;;;;/h2*4-7H,3H2,1-2H3;2*4-7H,3H2,1-2H3;2*3H2,1-2H3;8*1H4. The maximum atomic E-state index is 11.0. The van der Waals surface area contributed by atoms with Crippen molar-refractivity contribution >= 4 is 11.9 Å². The number of carbonyl (C=O) groups is 2. The van der Waals surface area contributed by atoms with Gasteiger partial charge in [0.15, 0.2) is 0 Å². The first kappa shape index (κ1) is 80.6. The molecule has 0 unspecified atom stereocenters. The van der Waals surface area contributed by atoms with Crippen LogP contribution in [0.5, 0.6) is 40.2 Å². The SMILES string of the molecule is C.C.C.C.C.C.C.C.CCC.CCC.CCOc1ccc(C(=O)OC)cc1.CCOc1ccc(OC(C)=O)cc1.CCOc1ccc(OC)cc1.CCOc1ccc(OC)cc1. The second-order valence-electron chi connectivity index (χ2n) is 10.6. The second kappa shape index (κ2) is 55.6. The average Bonchev–Trinajstić information content (AvgIpc) is 3.18. The smallest absolute Gasteiger partial charge is 0.337 e. The van der Waals surface area contributed by atoms with Gasteiger partial charge < -0.3 is 37.9 Å². The van der Waals surface area contributed by atoms with E-state index in [1.54, 1.807) is 62.8 Å². The van der Waals surface area contributed by atoms with Crippen molar-refractivity contribution in [2.24, 2.45) is 0 Å². The van der Waals surface area contributed by atoms with E-state index in [-0.39, 0.29) is 71.4 Å². The molecule has 4 aromatic rings. The van der Waals surface area contributed by atoms with Crippen molar-refractivity contribution in [3.63, 3.8) is 0 Å². The highest BCUT2D eigenvalue weighted by molar-refractivity contribution is 5.89. The molecule has 0 fully saturated rings. The van der Waals surface area contributed by atoms with Gasteiger partial charge in [-0.2, -0.15) is 0 Å². The Morgan fingerprint density at radius 1 is 0.371 bits per heavy atom. The van der Waals surface area contributed by atoms with Crippen LogP contribution < -0.4 is 33.2 Å². The summed E-state index contributed by atoms with van der Waals surface area (Å²) in [6, 6.07) is 28.9. The molecule has 0 heterocycles. The minimum Gasteiger partial charge on any atom is -0.497 e. The number of hydrogen-bond donors (Lipinski definition) is 0. The van der Waals surface area contributed by atoms with E-state index >= 15 is 0 Å². The van der Waals surface area contributed by atoms with Gasteiger partial charge in [0.1, 0.15) is 40.2 Å². The van der Waals surface area contributed by atoms with Gasteiger partial charge in [0.05, 0.1) is 53.3 Å². The molecule has 364 valence electrons. The number of rotatable bonds is 12. The van der Waals surface area contributed by atoms with E-state index in [2.05, 4.69) is 32.4 Å². The van der Waals surface area contributed by atoms with Gasteiger partial charge in [0.2, 0.25) is 0 Å².